The molecule has 12 rings (SSSR count). The molecule has 0 atom stereocenters. The Morgan fingerprint density at radius 3 is 1.54 bits per heavy atom. The van der Waals surface area contributed by atoms with Crippen LogP contribution in [-0.2, 0) is 5.41 Å². The molecule has 3 aliphatic heterocycles. The Balaban J connectivity index is 0.927. The molecule has 0 aromatic heterocycles. The van der Waals surface area contributed by atoms with E-state index in [4.69, 9.17) is 9.47 Å². The van der Waals surface area contributed by atoms with E-state index in [-0.39, 0.29) is 5.41 Å². The summed E-state index contributed by atoms with van der Waals surface area (Å²) in [6.45, 7) is 9.68. The monoisotopic (exact) mass is 891 g/mol. The maximum atomic E-state index is 6.47. The van der Waals surface area contributed by atoms with Crippen molar-refractivity contribution in [3.63, 3.8) is 0 Å². The molecule has 0 unspecified atom stereocenters. The molecule has 3 aliphatic rings. The van der Waals surface area contributed by atoms with Crippen LogP contribution in [0.25, 0.3) is 33.4 Å². The second-order valence-electron chi connectivity index (χ2n) is 18.1. The number of hydrogen-bond acceptors (Lipinski definition) is 5. The second-order valence-corrected chi connectivity index (χ2v) is 24.5. The Morgan fingerprint density at radius 1 is 0.400 bits per heavy atom. The van der Waals surface area contributed by atoms with Crippen molar-refractivity contribution < 1.29 is 9.47 Å². The molecule has 6 heteroatoms. The lowest BCUT2D eigenvalue weighted by molar-refractivity contribution is 0.361. The predicted octanol–water partition coefficient (Wildman–Crippen LogP) is 16.1. The lowest BCUT2D eigenvalue weighted by Gasteiger charge is -2.35. The molecule has 9 aromatic rings. The van der Waals surface area contributed by atoms with E-state index in [2.05, 4.69) is 196 Å². The van der Waals surface area contributed by atoms with Crippen LogP contribution >= 0.6 is 23.5 Å². The summed E-state index contributed by atoms with van der Waals surface area (Å²) in [4.78, 5) is 7.82. The van der Waals surface area contributed by atoms with Gasteiger partial charge in [0.15, 0.2) is 23.0 Å². The average Bonchev–Trinajstić information content (AvgIpc) is 3.34. The van der Waals surface area contributed by atoms with Crippen LogP contribution in [-0.4, -0.2) is 8.07 Å². The van der Waals surface area contributed by atoms with Gasteiger partial charge in [0.1, 0.15) is 8.07 Å². The molecule has 0 saturated heterocycles. The van der Waals surface area contributed by atoms with Crippen molar-refractivity contribution in [2.24, 2.45) is 0 Å². The Kier molecular flexibility index (Phi) is 9.49. The first kappa shape index (κ1) is 39.9. The minimum Gasteiger partial charge on any atom is -0.449 e. The number of para-hydroxylation sites is 3. The summed E-state index contributed by atoms with van der Waals surface area (Å²) in [6.07, 6.45) is 0. The molecule has 0 fully saturated rings. The maximum Gasteiger partial charge on any atom is 0.177 e. The first-order valence-electron chi connectivity index (χ1n) is 22.2. The van der Waals surface area contributed by atoms with Crippen LogP contribution in [0, 0.1) is 0 Å². The van der Waals surface area contributed by atoms with Crippen molar-refractivity contribution in [3.8, 4) is 56.4 Å². The fourth-order valence-corrected chi connectivity index (χ4v) is 17.1. The summed E-state index contributed by atoms with van der Waals surface area (Å²) in [6, 6.07) is 72.6. The van der Waals surface area contributed by atoms with Gasteiger partial charge in [0.2, 0.25) is 0 Å². The molecule has 314 valence electrons. The number of benzene rings is 9. The highest BCUT2D eigenvalue weighted by Gasteiger charge is 2.37. The quantitative estimate of drug-likeness (QED) is 0.155. The number of hydrogen-bond donors (Lipinski definition) is 0. The topological polar surface area (TPSA) is 21.7 Å². The number of rotatable bonds is 6. The van der Waals surface area contributed by atoms with E-state index in [0.29, 0.717) is 5.75 Å². The fourth-order valence-electron chi connectivity index (χ4n) is 9.98. The smallest absolute Gasteiger partial charge is 0.177 e. The third-order valence-corrected chi connectivity index (χ3v) is 19.8. The normalized spacial score (nSPS) is 14.5. The van der Waals surface area contributed by atoms with Gasteiger partial charge >= 0.3 is 0 Å². The number of ether oxygens (including phenoxy) is 2. The van der Waals surface area contributed by atoms with Gasteiger partial charge in [-0.15, -0.1) is 0 Å². The molecule has 0 aliphatic carbocycles. The van der Waals surface area contributed by atoms with Crippen molar-refractivity contribution in [2.45, 2.75) is 51.9 Å². The van der Waals surface area contributed by atoms with E-state index in [1.54, 1.807) is 0 Å². The number of fused-ring (bicyclic) bond motifs is 6. The van der Waals surface area contributed by atoms with Crippen molar-refractivity contribution in [3.05, 3.63) is 211 Å². The highest BCUT2D eigenvalue weighted by atomic mass is 32.2. The summed E-state index contributed by atoms with van der Waals surface area (Å²) in [7, 11) is -1.87. The van der Waals surface area contributed by atoms with Gasteiger partial charge < -0.3 is 14.4 Å². The van der Waals surface area contributed by atoms with Crippen LogP contribution in [0.4, 0.5) is 17.1 Å². The SMILES string of the molecule is CC1(C)c2ccccc2Sc2c(-c3ccc(N(c4ccc(-c5cccc6c5Oc5ccccc5O6)cc4)c4ccc(-c5cccc6c5Sc5ccccc5[Si]6(C)C)cc4)cc3)cccc21. The van der Waals surface area contributed by atoms with Gasteiger partial charge in [-0.25, -0.2) is 0 Å². The number of nitrogens with zero attached hydrogens (tertiary/aromatic N) is 1. The molecular weight excluding hydrogens is 847 g/mol. The van der Waals surface area contributed by atoms with E-state index in [1.807, 2.05) is 59.9 Å². The summed E-state index contributed by atoms with van der Waals surface area (Å²) in [5.41, 5.74) is 12.9. The van der Waals surface area contributed by atoms with Gasteiger partial charge in [0.25, 0.3) is 0 Å². The van der Waals surface area contributed by atoms with Crippen molar-refractivity contribution in [1.82, 2.24) is 0 Å². The van der Waals surface area contributed by atoms with Gasteiger partial charge in [-0.2, -0.15) is 0 Å². The first-order chi connectivity index (χ1) is 31.7. The molecular formula is C59H45NO2S2Si. The fraction of sp³-hybridized carbons (Fsp3) is 0.0847. The molecule has 3 nitrogen and oxygen atoms in total. The highest BCUT2D eigenvalue weighted by Crippen LogP contribution is 2.53. The Labute approximate surface area is 390 Å². The van der Waals surface area contributed by atoms with Gasteiger partial charge in [0, 0.05) is 47.6 Å². The number of anilines is 3. The molecule has 9 aromatic carbocycles. The third kappa shape index (κ3) is 6.65. The molecule has 0 N–H and O–H groups in total. The molecule has 0 bridgehead atoms. The standard InChI is InChI=1S/C59H45NO2S2Si/c1-59(2)47-17-5-8-22-52(47)63-57-45(15-11-18-48(57)59)39-28-34-42(35-29-39)60(41-32-26-38(27-33-41)44-14-12-21-51-56(44)62-50-20-7-6-19-49(50)61-51)43-36-30-40(31-37-43)46-16-13-25-55-58(46)64-53-23-9-10-24-54(53)65(55,3)4/h5-37H,1-4H3. The van der Waals surface area contributed by atoms with E-state index >= 15 is 0 Å². The summed E-state index contributed by atoms with van der Waals surface area (Å²) < 4.78 is 12.7. The summed E-state index contributed by atoms with van der Waals surface area (Å²) >= 11 is 3.82. The minimum absolute atomic E-state index is 0.0920. The van der Waals surface area contributed by atoms with E-state index in [0.717, 1.165) is 45.4 Å². The van der Waals surface area contributed by atoms with Crippen LogP contribution in [0.1, 0.15) is 25.0 Å². The van der Waals surface area contributed by atoms with Gasteiger partial charge in [0.05, 0.1) is 0 Å². The van der Waals surface area contributed by atoms with Crippen LogP contribution in [0.5, 0.6) is 23.0 Å². The molecule has 65 heavy (non-hydrogen) atoms. The molecule has 0 spiro atoms. The minimum atomic E-state index is -1.87. The van der Waals surface area contributed by atoms with Crippen molar-refractivity contribution in [1.29, 1.82) is 0 Å². The van der Waals surface area contributed by atoms with E-state index < -0.39 is 8.07 Å². The zero-order valence-electron chi connectivity index (χ0n) is 36.6. The Bertz CT molecular complexity index is 3170. The zero-order chi connectivity index (χ0) is 43.9. The van der Waals surface area contributed by atoms with Crippen LogP contribution < -0.4 is 24.7 Å². The lowest BCUT2D eigenvalue weighted by Crippen LogP contribution is -2.56. The summed E-state index contributed by atoms with van der Waals surface area (Å²) in [5.74, 6) is 2.88. The Hall–Kier alpha value is -6.70. The van der Waals surface area contributed by atoms with Gasteiger partial charge in [-0.3, -0.25) is 0 Å². The molecule has 0 amide bonds. The Morgan fingerprint density at radius 2 is 0.862 bits per heavy atom. The highest BCUT2D eigenvalue weighted by molar-refractivity contribution is 8.00. The van der Waals surface area contributed by atoms with Crippen LogP contribution in [0.2, 0.25) is 13.1 Å². The van der Waals surface area contributed by atoms with Gasteiger partial charge in [-0.05, 0) is 116 Å². The average molecular weight is 892 g/mol. The second kappa shape index (κ2) is 15.5. The summed E-state index contributed by atoms with van der Waals surface area (Å²) in [5, 5.41) is 3.03. The first-order valence-corrected chi connectivity index (χ1v) is 26.9. The van der Waals surface area contributed by atoms with Crippen LogP contribution in [0.15, 0.2) is 220 Å². The van der Waals surface area contributed by atoms with Crippen LogP contribution in [0.3, 0.4) is 0 Å². The van der Waals surface area contributed by atoms with Crippen molar-refractivity contribution in [2.75, 3.05) is 4.90 Å². The van der Waals surface area contributed by atoms with Crippen molar-refractivity contribution >= 4 is 59.0 Å². The molecule has 0 saturated carbocycles. The van der Waals surface area contributed by atoms with Gasteiger partial charge in [-0.1, -0.05) is 184 Å². The predicted molar refractivity (Wildman–Crippen MR) is 274 cm³/mol. The maximum absolute atomic E-state index is 6.47. The largest absolute Gasteiger partial charge is 0.449 e. The third-order valence-electron chi connectivity index (χ3n) is 13.5. The van der Waals surface area contributed by atoms with E-state index in [1.165, 1.54) is 63.3 Å². The zero-order valence-corrected chi connectivity index (χ0v) is 39.3. The van der Waals surface area contributed by atoms with E-state index in [9.17, 15) is 0 Å². The molecule has 3 heterocycles. The molecule has 0 radical (unpaired) electrons. The lowest BCUT2D eigenvalue weighted by atomic mass is 9.77.